The summed E-state index contributed by atoms with van der Waals surface area (Å²) >= 11 is 0. The molecule has 0 saturated carbocycles. The van der Waals surface area contributed by atoms with Crippen molar-refractivity contribution >= 4 is 11.9 Å². The third-order valence-electron chi connectivity index (χ3n) is 6.87. The summed E-state index contributed by atoms with van der Waals surface area (Å²) < 4.78 is 50.1. The monoisotopic (exact) mass is 530 g/mol. The van der Waals surface area contributed by atoms with Crippen LogP contribution >= 0.6 is 0 Å². The normalized spacial score (nSPS) is 16.1. The molecule has 0 bridgehead atoms. The topological polar surface area (TPSA) is 92.9 Å². The maximum Gasteiger partial charge on any atom is 0.416 e. The predicted molar refractivity (Wildman–Crippen MR) is 132 cm³/mol. The van der Waals surface area contributed by atoms with E-state index in [1.165, 1.54) is 12.1 Å². The van der Waals surface area contributed by atoms with E-state index >= 15 is 0 Å². The minimum Gasteiger partial charge on any atom is -0.487 e. The standard InChI is InChI=1S/C28H29F3N2O5/c1-17-23(32-25(38-17)18-9-11-19(12-10-18)28(29,30)31)16-37-22-8-4-6-20(14-22)27(2,3)26(36)33-13-5-7-21(33)15-24(34)35/h4,6,8-12,14,21H,5,7,13,15-16H2,1-3H3,(H,34,35)/t21-/m1/s1. The number of amides is 1. The Morgan fingerprint density at radius 2 is 1.84 bits per heavy atom. The van der Waals surface area contributed by atoms with Gasteiger partial charge < -0.3 is 19.2 Å². The first kappa shape index (κ1) is 27.2. The van der Waals surface area contributed by atoms with E-state index in [2.05, 4.69) is 4.98 Å². The van der Waals surface area contributed by atoms with Crippen LogP contribution in [0.5, 0.6) is 5.75 Å². The Kier molecular flexibility index (Phi) is 7.53. The Morgan fingerprint density at radius 3 is 2.50 bits per heavy atom. The summed E-state index contributed by atoms with van der Waals surface area (Å²) in [5, 5.41) is 9.20. The molecule has 0 radical (unpaired) electrons. The number of oxazole rings is 1. The zero-order valence-electron chi connectivity index (χ0n) is 21.3. The quantitative estimate of drug-likeness (QED) is 0.385. The lowest BCUT2D eigenvalue weighted by molar-refractivity contribution is -0.142. The molecule has 0 aliphatic carbocycles. The Hall–Kier alpha value is -3.82. The highest BCUT2D eigenvalue weighted by Crippen LogP contribution is 2.34. The zero-order valence-corrected chi connectivity index (χ0v) is 21.3. The van der Waals surface area contributed by atoms with E-state index < -0.39 is 23.1 Å². The fraction of sp³-hybridized carbons (Fsp3) is 0.393. The van der Waals surface area contributed by atoms with Gasteiger partial charge in [-0.3, -0.25) is 9.59 Å². The lowest BCUT2D eigenvalue weighted by Crippen LogP contribution is -2.46. The van der Waals surface area contributed by atoms with E-state index in [0.29, 0.717) is 35.7 Å². The molecule has 1 amide bonds. The maximum absolute atomic E-state index is 13.4. The number of likely N-dealkylation sites (tertiary alicyclic amines) is 1. The Morgan fingerprint density at radius 1 is 1.13 bits per heavy atom. The van der Waals surface area contributed by atoms with E-state index in [9.17, 15) is 27.9 Å². The molecule has 202 valence electrons. The zero-order chi connectivity index (χ0) is 27.7. The van der Waals surface area contributed by atoms with E-state index in [1.54, 1.807) is 30.0 Å². The number of hydrogen-bond acceptors (Lipinski definition) is 5. The fourth-order valence-corrected chi connectivity index (χ4v) is 4.61. The molecular weight excluding hydrogens is 501 g/mol. The van der Waals surface area contributed by atoms with Gasteiger partial charge in [0.05, 0.1) is 17.4 Å². The second kappa shape index (κ2) is 10.5. The summed E-state index contributed by atoms with van der Waals surface area (Å²) in [5.74, 6) is 0.117. The molecule has 1 N–H and O–H groups in total. The fourth-order valence-electron chi connectivity index (χ4n) is 4.61. The number of alkyl halides is 3. The van der Waals surface area contributed by atoms with Crippen molar-refractivity contribution in [3.8, 4) is 17.2 Å². The van der Waals surface area contributed by atoms with Crippen LogP contribution in [0.1, 0.15) is 55.7 Å². The highest BCUT2D eigenvalue weighted by molar-refractivity contribution is 5.88. The Labute approximate surface area is 218 Å². The van der Waals surface area contributed by atoms with Gasteiger partial charge in [-0.15, -0.1) is 0 Å². The molecule has 0 spiro atoms. The minimum atomic E-state index is -4.42. The van der Waals surface area contributed by atoms with Gasteiger partial charge >= 0.3 is 12.1 Å². The summed E-state index contributed by atoms with van der Waals surface area (Å²) in [7, 11) is 0. The molecule has 0 unspecified atom stereocenters. The summed E-state index contributed by atoms with van der Waals surface area (Å²) in [6, 6.07) is 11.4. The van der Waals surface area contributed by atoms with Crippen LogP contribution in [0.15, 0.2) is 52.9 Å². The van der Waals surface area contributed by atoms with Crippen molar-refractivity contribution in [2.45, 2.75) is 64.3 Å². The van der Waals surface area contributed by atoms with Crippen LogP contribution in [0.2, 0.25) is 0 Å². The molecule has 1 atom stereocenters. The molecule has 1 saturated heterocycles. The van der Waals surface area contributed by atoms with Crippen LogP contribution in [0.25, 0.3) is 11.5 Å². The van der Waals surface area contributed by atoms with Crippen molar-refractivity contribution in [1.82, 2.24) is 9.88 Å². The molecule has 2 aromatic carbocycles. The van der Waals surface area contributed by atoms with Gasteiger partial charge in [-0.05, 0) is 75.6 Å². The molecule has 4 rings (SSSR count). The first-order valence-corrected chi connectivity index (χ1v) is 12.3. The molecular formula is C28H29F3N2O5. The van der Waals surface area contributed by atoms with Gasteiger partial charge in [0.1, 0.15) is 23.8 Å². The summed E-state index contributed by atoms with van der Waals surface area (Å²) in [6.07, 6.45) is -3.06. The van der Waals surface area contributed by atoms with Crippen LogP contribution in [0.4, 0.5) is 13.2 Å². The van der Waals surface area contributed by atoms with Gasteiger partial charge in [-0.1, -0.05) is 12.1 Å². The lowest BCUT2D eigenvalue weighted by Gasteiger charge is -2.33. The van der Waals surface area contributed by atoms with Gasteiger partial charge in [0, 0.05) is 18.2 Å². The largest absolute Gasteiger partial charge is 0.487 e. The van der Waals surface area contributed by atoms with Crippen molar-refractivity contribution < 1.29 is 37.0 Å². The molecule has 1 aliphatic rings. The van der Waals surface area contributed by atoms with Crippen LogP contribution in [-0.2, 0) is 27.8 Å². The number of rotatable bonds is 8. The molecule has 2 heterocycles. The number of halogens is 3. The molecule has 1 aromatic heterocycles. The number of aromatic nitrogens is 1. The van der Waals surface area contributed by atoms with E-state index in [4.69, 9.17) is 9.15 Å². The smallest absolute Gasteiger partial charge is 0.416 e. The van der Waals surface area contributed by atoms with Crippen LogP contribution in [-0.4, -0.2) is 39.5 Å². The number of ether oxygens (including phenoxy) is 1. The number of aryl methyl sites for hydroxylation is 1. The lowest BCUT2D eigenvalue weighted by atomic mass is 9.82. The highest BCUT2D eigenvalue weighted by Gasteiger charge is 2.39. The third kappa shape index (κ3) is 5.84. The second-order valence-corrected chi connectivity index (χ2v) is 9.93. The second-order valence-electron chi connectivity index (χ2n) is 9.93. The number of aliphatic carboxylic acids is 1. The number of carbonyl (C=O) groups is 2. The summed E-state index contributed by atoms with van der Waals surface area (Å²) in [6.45, 7) is 5.90. The van der Waals surface area contributed by atoms with Crippen LogP contribution in [0.3, 0.4) is 0 Å². The van der Waals surface area contributed by atoms with Crippen molar-refractivity contribution in [1.29, 1.82) is 0 Å². The summed E-state index contributed by atoms with van der Waals surface area (Å²) in [4.78, 5) is 30.7. The average Bonchev–Trinajstić information content (AvgIpc) is 3.47. The predicted octanol–water partition coefficient (Wildman–Crippen LogP) is 5.99. The molecule has 3 aromatic rings. The first-order valence-electron chi connectivity index (χ1n) is 12.3. The molecule has 10 heteroatoms. The van der Waals surface area contributed by atoms with Crippen molar-refractivity contribution in [2.75, 3.05) is 6.54 Å². The Balaban J connectivity index is 1.46. The van der Waals surface area contributed by atoms with Crippen molar-refractivity contribution in [3.05, 3.63) is 71.1 Å². The maximum atomic E-state index is 13.4. The van der Waals surface area contributed by atoms with Crippen LogP contribution < -0.4 is 4.74 Å². The number of nitrogens with zero attached hydrogens (tertiary/aromatic N) is 2. The van der Waals surface area contributed by atoms with Gasteiger partial charge in [-0.2, -0.15) is 13.2 Å². The molecule has 7 nitrogen and oxygen atoms in total. The highest BCUT2D eigenvalue weighted by atomic mass is 19.4. The van der Waals surface area contributed by atoms with Crippen molar-refractivity contribution in [3.63, 3.8) is 0 Å². The van der Waals surface area contributed by atoms with E-state index in [-0.39, 0.29) is 30.9 Å². The van der Waals surface area contributed by atoms with Gasteiger partial charge in [0.2, 0.25) is 11.8 Å². The third-order valence-corrected chi connectivity index (χ3v) is 6.87. The molecule has 1 aliphatic heterocycles. The Bertz CT molecular complexity index is 1310. The van der Waals surface area contributed by atoms with Crippen LogP contribution in [0, 0.1) is 6.92 Å². The van der Waals surface area contributed by atoms with E-state index in [0.717, 1.165) is 24.1 Å². The van der Waals surface area contributed by atoms with Gasteiger partial charge in [-0.25, -0.2) is 4.98 Å². The average molecular weight is 531 g/mol. The number of carboxylic acid groups (broad SMARTS) is 1. The number of carboxylic acids is 1. The minimum absolute atomic E-state index is 0.0562. The van der Waals surface area contributed by atoms with Gasteiger partial charge in [0.15, 0.2) is 0 Å². The number of carbonyl (C=O) groups excluding carboxylic acids is 1. The number of hydrogen-bond donors (Lipinski definition) is 1. The van der Waals surface area contributed by atoms with Crippen molar-refractivity contribution in [2.24, 2.45) is 0 Å². The van der Waals surface area contributed by atoms with Gasteiger partial charge in [0.25, 0.3) is 0 Å². The molecule has 1 fully saturated rings. The molecule has 38 heavy (non-hydrogen) atoms. The summed E-state index contributed by atoms with van der Waals surface area (Å²) in [5.41, 5.74) is -0.0215. The first-order chi connectivity index (χ1) is 17.9. The number of benzene rings is 2. The van der Waals surface area contributed by atoms with E-state index in [1.807, 2.05) is 19.9 Å². The SMILES string of the molecule is Cc1oc(-c2ccc(C(F)(F)F)cc2)nc1COc1cccc(C(C)(C)C(=O)N2CCC[C@@H]2CC(=O)O)c1.